The van der Waals surface area contributed by atoms with Gasteiger partial charge in [-0.25, -0.2) is 4.79 Å². The van der Waals surface area contributed by atoms with Crippen molar-refractivity contribution >= 4 is 18.7 Å². The lowest BCUT2D eigenvalue weighted by atomic mass is 9.82. The summed E-state index contributed by atoms with van der Waals surface area (Å²) in [5, 5.41) is 31.4. The summed E-state index contributed by atoms with van der Waals surface area (Å²) in [5.74, 6) is 0. The number of carbonyl (C=O) groups is 1. The van der Waals surface area contributed by atoms with E-state index < -0.39 is 24.4 Å². The summed E-state index contributed by atoms with van der Waals surface area (Å²) < 4.78 is 6.81. The van der Waals surface area contributed by atoms with E-state index in [4.69, 9.17) is 20.0 Å². The van der Waals surface area contributed by atoms with Crippen LogP contribution in [0.2, 0.25) is 0 Å². The first kappa shape index (κ1) is 16.3. The van der Waals surface area contributed by atoms with E-state index in [2.05, 4.69) is 11.2 Å². The molecule has 9 heteroatoms. The Labute approximate surface area is 129 Å². The van der Waals surface area contributed by atoms with Crippen molar-refractivity contribution < 1.29 is 19.6 Å². The maximum absolute atomic E-state index is 12.0. The quantitative estimate of drug-likeness (QED) is 0.723. The summed E-state index contributed by atoms with van der Waals surface area (Å²) in [7, 11) is -1.62. The minimum absolute atomic E-state index is 0.162. The van der Waals surface area contributed by atoms with Gasteiger partial charge in [0.2, 0.25) is 0 Å². The second-order valence-electron chi connectivity index (χ2n) is 6.49. The average Bonchev–Trinajstić information content (AvgIpc) is 2.80. The van der Waals surface area contributed by atoms with Crippen LogP contribution in [0.5, 0.6) is 0 Å². The molecule has 2 N–H and O–H groups in total. The molecule has 22 heavy (non-hydrogen) atoms. The van der Waals surface area contributed by atoms with Crippen LogP contribution in [0.25, 0.3) is 0 Å². The molecule has 0 unspecified atom stereocenters. The molecule has 1 saturated heterocycles. The second kappa shape index (κ2) is 5.63. The minimum Gasteiger partial charge on any atom is -0.444 e. The van der Waals surface area contributed by atoms with Gasteiger partial charge in [0.25, 0.3) is 0 Å². The molecule has 2 heterocycles. The van der Waals surface area contributed by atoms with Crippen molar-refractivity contribution in [1.29, 1.82) is 5.26 Å². The van der Waals surface area contributed by atoms with Gasteiger partial charge in [-0.1, -0.05) is 0 Å². The predicted octanol–water partition coefficient (Wildman–Crippen LogP) is -0.577. The molecule has 0 aliphatic carbocycles. The van der Waals surface area contributed by atoms with E-state index in [9.17, 15) is 4.79 Å². The summed E-state index contributed by atoms with van der Waals surface area (Å²) in [6.45, 7) is 5.94. The molecule has 0 bridgehead atoms. The Kier molecular flexibility index (Phi) is 4.18. The highest BCUT2D eigenvalue weighted by Crippen LogP contribution is 2.32. The molecule has 8 nitrogen and oxygen atoms in total. The summed E-state index contributed by atoms with van der Waals surface area (Å²) in [6, 6.07) is 2.09. The standard InChI is InChI=1S/C13H19BN4O4/c1-12(2,3)22-11(19)17-8-13(9-17,4-5-15)18-7-10(6-16-18)14(20)21/h6-7,20-21H,4,8-9H2,1-3H3. The number of amides is 1. The molecule has 1 amide bonds. The average molecular weight is 306 g/mol. The third kappa shape index (κ3) is 3.23. The van der Waals surface area contributed by atoms with Crippen molar-refractivity contribution in [3.05, 3.63) is 12.4 Å². The van der Waals surface area contributed by atoms with E-state index in [1.54, 1.807) is 20.8 Å². The zero-order chi connectivity index (χ0) is 16.5. The van der Waals surface area contributed by atoms with Gasteiger partial charge in [-0.05, 0) is 20.8 Å². The number of nitrogens with zero attached hydrogens (tertiary/aromatic N) is 4. The molecule has 0 spiro atoms. The maximum atomic E-state index is 12.0. The normalized spacial score (nSPS) is 16.6. The fourth-order valence-electron chi connectivity index (χ4n) is 2.33. The van der Waals surface area contributed by atoms with Crippen LogP contribution in [0.15, 0.2) is 12.4 Å². The number of hydrogen-bond acceptors (Lipinski definition) is 6. The summed E-state index contributed by atoms with van der Waals surface area (Å²) >= 11 is 0. The van der Waals surface area contributed by atoms with Gasteiger partial charge in [0.05, 0.1) is 25.6 Å². The lowest BCUT2D eigenvalue weighted by molar-refractivity contribution is -0.0314. The number of nitriles is 1. The van der Waals surface area contributed by atoms with E-state index in [-0.39, 0.29) is 25.0 Å². The fourth-order valence-corrected chi connectivity index (χ4v) is 2.33. The van der Waals surface area contributed by atoms with Gasteiger partial charge >= 0.3 is 13.2 Å². The molecular weight excluding hydrogens is 287 g/mol. The first-order chi connectivity index (χ1) is 10.2. The van der Waals surface area contributed by atoms with Gasteiger partial charge in [0.1, 0.15) is 11.1 Å². The number of likely N-dealkylation sites (tertiary alicyclic amines) is 1. The minimum atomic E-state index is -1.62. The number of rotatable bonds is 3. The van der Waals surface area contributed by atoms with Gasteiger partial charge in [0.15, 0.2) is 0 Å². The van der Waals surface area contributed by atoms with E-state index in [1.807, 2.05) is 0 Å². The fraction of sp³-hybridized carbons (Fsp3) is 0.615. The zero-order valence-electron chi connectivity index (χ0n) is 12.9. The molecule has 0 atom stereocenters. The SMILES string of the molecule is CC(C)(C)OC(=O)N1CC(CC#N)(n2cc(B(O)O)cn2)C1. The highest BCUT2D eigenvalue weighted by molar-refractivity contribution is 6.58. The molecule has 0 aromatic carbocycles. The number of ether oxygens (including phenoxy) is 1. The highest BCUT2D eigenvalue weighted by atomic mass is 16.6. The van der Waals surface area contributed by atoms with Crippen LogP contribution < -0.4 is 5.46 Å². The van der Waals surface area contributed by atoms with Crippen molar-refractivity contribution in [3.8, 4) is 6.07 Å². The van der Waals surface area contributed by atoms with Gasteiger partial charge in [0, 0.05) is 17.9 Å². The van der Waals surface area contributed by atoms with Crippen LogP contribution in [0.4, 0.5) is 4.79 Å². The van der Waals surface area contributed by atoms with Crippen LogP contribution in [-0.2, 0) is 10.3 Å². The second-order valence-corrected chi connectivity index (χ2v) is 6.49. The van der Waals surface area contributed by atoms with Crippen LogP contribution >= 0.6 is 0 Å². The Morgan fingerprint density at radius 3 is 2.64 bits per heavy atom. The molecule has 1 aromatic heterocycles. The Bertz CT molecular complexity index is 596. The number of aromatic nitrogens is 2. The van der Waals surface area contributed by atoms with Gasteiger partial charge in [-0.2, -0.15) is 10.4 Å². The number of carbonyl (C=O) groups excluding carboxylic acids is 1. The maximum Gasteiger partial charge on any atom is 0.491 e. The molecular formula is C13H19BN4O4. The monoisotopic (exact) mass is 306 g/mol. The first-order valence-electron chi connectivity index (χ1n) is 6.93. The molecule has 0 radical (unpaired) electrons. The summed E-state index contributed by atoms with van der Waals surface area (Å²) in [6.07, 6.45) is 2.54. The van der Waals surface area contributed by atoms with Crippen molar-refractivity contribution in [2.75, 3.05) is 13.1 Å². The Balaban J connectivity index is 2.10. The lowest BCUT2D eigenvalue weighted by Gasteiger charge is -2.48. The largest absolute Gasteiger partial charge is 0.491 e. The topological polar surface area (TPSA) is 112 Å². The smallest absolute Gasteiger partial charge is 0.444 e. The Hall–Kier alpha value is -2.05. The summed E-state index contributed by atoms with van der Waals surface area (Å²) in [5.41, 5.74) is -0.989. The number of hydrogen-bond donors (Lipinski definition) is 2. The molecule has 118 valence electrons. The van der Waals surface area contributed by atoms with Crippen molar-refractivity contribution in [2.45, 2.75) is 38.3 Å². The third-order valence-electron chi connectivity index (χ3n) is 3.42. The van der Waals surface area contributed by atoms with Crippen LogP contribution in [0, 0.1) is 11.3 Å². The van der Waals surface area contributed by atoms with Crippen molar-refractivity contribution in [1.82, 2.24) is 14.7 Å². The van der Waals surface area contributed by atoms with Gasteiger partial charge < -0.3 is 19.7 Å². The van der Waals surface area contributed by atoms with E-state index in [0.717, 1.165) is 0 Å². The van der Waals surface area contributed by atoms with Crippen LogP contribution in [-0.4, -0.2) is 56.6 Å². The summed E-state index contributed by atoms with van der Waals surface area (Å²) in [4.78, 5) is 13.5. The van der Waals surface area contributed by atoms with Crippen molar-refractivity contribution in [3.63, 3.8) is 0 Å². The van der Waals surface area contributed by atoms with Crippen LogP contribution in [0.3, 0.4) is 0 Å². The molecule has 1 aromatic rings. The van der Waals surface area contributed by atoms with Gasteiger partial charge in [-0.15, -0.1) is 0 Å². The van der Waals surface area contributed by atoms with Crippen molar-refractivity contribution in [2.24, 2.45) is 0 Å². The van der Waals surface area contributed by atoms with E-state index >= 15 is 0 Å². The molecule has 1 aliphatic rings. The Morgan fingerprint density at radius 2 is 2.18 bits per heavy atom. The zero-order valence-corrected chi connectivity index (χ0v) is 12.9. The molecule has 0 saturated carbocycles. The molecule has 1 aliphatic heterocycles. The first-order valence-corrected chi connectivity index (χ1v) is 6.93. The van der Waals surface area contributed by atoms with Crippen LogP contribution in [0.1, 0.15) is 27.2 Å². The predicted molar refractivity (Wildman–Crippen MR) is 78.1 cm³/mol. The van der Waals surface area contributed by atoms with E-state index in [1.165, 1.54) is 22.0 Å². The third-order valence-corrected chi connectivity index (χ3v) is 3.42. The van der Waals surface area contributed by atoms with E-state index in [0.29, 0.717) is 0 Å². The Morgan fingerprint density at radius 1 is 1.55 bits per heavy atom. The molecule has 2 rings (SSSR count). The lowest BCUT2D eigenvalue weighted by Crippen LogP contribution is -2.64. The molecule has 1 fully saturated rings. The highest BCUT2D eigenvalue weighted by Gasteiger charge is 2.48. The van der Waals surface area contributed by atoms with Gasteiger partial charge in [-0.3, -0.25) is 4.68 Å².